The van der Waals surface area contributed by atoms with Gasteiger partial charge in [0.15, 0.2) is 10.9 Å². The molecule has 8 heteroatoms. The fourth-order valence-electron chi connectivity index (χ4n) is 2.95. The molecule has 0 aliphatic carbocycles. The highest BCUT2D eigenvalue weighted by molar-refractivity contribution is 8.00. The minimum atomic E-state index is -0.897. The van der Waals surface area contributed by atoms with Crippen molar-refractivity contribution in [2.75, 3.05) is 0 Å². The Morgan fingerprint density at radius 1 is 1.21 bits per heavy atom. The van der Waals surface area contributed by atoms with Gasteiger partial charge in [0, 0.05) is 17.0 Å². The van der Waals surface area contributed by atoms with E-state index in [1.165, 1.54) is 11.3 Å². The first kappa shape index (κ1) is 20.7. The Hall–Kier alpha value is -2.06. The molecule has 0 aliphatic heterocycles. The van der Waals surface area contributed by atoms with Crippen LogP contribution in [0.3, 0.4) is 0 Å². The van der Waals surface area contributed by atoms with Crippen LogP contribution in [0.15, 0.2) is 28.2 Å². The van der Waals surface area contributed by atoms with Crippen molar-refractivity contribution in [2.24, 2.45) is 0 Å². The maximum Gasteiger partial charge on any atom is 0.263 e. The van der Waals surface area contributed by atoms with E-state index < -0.39 is 22.7 Å². The predicted molar refractivity (Wildman–Crippen MR) is 110 cm³/mol. The summed E-state index contributed by atoms with van der Waals surface area (Å²) in [6.45, 7) is 9.22. The van der Waals surface area contributed by atoms with Crippen LogP contribution in [-0.2, 0) is 0 Å². The fourth-order valence-corrected chi connectivity index (χ4v) is 5.13. The van der Waals surface area contributed by atoms with Crippen LogP contribution in [0.25, 0.3) is 10.2 Å². The molecule has 0 aliphatic rings. The van der Waals surface area contributed by atoms with Crippen LogP contribution in [0.5, 0.6) is 0 Å². The van der Waals surface area contributed by atoms with Gasteiger partial charge in [-0.15, -0.1) is 11.3 Å². The number of ketones is 1. The lowest BCUT2D eigenvalue weighted by atomic mass is 10.1. The molecule has 0 saturated heterocycles. The molecule has 0 N–H and O–H groups in total. The molecule has 3 rings (SSSR count). The van der Waals surface area contributed by atoms with E-state index in [-0.39, 0.29) is 17.2 Å². The van der Waals surface area contributed by atoms with Crippen molar-refractivity contribution in [1.29, 1.82) is 0 Å². The molecule has 2 heterocycles. The molecule has 1 aromatic carbocycles. The molecule has 0 saturated carbocycles. The van der Waals surface area contributed by atoms with Crippen molar-refractivity contribution in [3.8, 4) is 0 Å². The van der Waals surface area contributed by atoms with Crippen LogP contribution < -0.4 is 5.56 Å². The van der Waals surface area contributed by atoms with Gasteiger partial charge < -0.3 is 0 Å². The predicted octanol–water partition coefficient (Wildman–Crippen LogP) is 5.30. The van der Waals surface area contributed by atoms with Crippen LogP contribution in [0.2, 0.25) is 0 Å². The van der Waals surface area contributed by atoms with Crippen LogP contribution >= 0.6 is 23.1 Å². The summed E-state index contributed by atoms with van der Waals surface area (Å²) in [5.74, 6) is -2.11. The number of hydrogen-bond donors (Lipinski definition) is 0. The van der Waals surface area contributed by atoms with Crippen molar-refractivity contribution in [3.05, 3.63) is 56.2 Å². The molecule has 0 bridgehead atoms. The van der Waals surface area contributed by atoms with Crippen molar-refractivity contribution < 1.29 is 13.6 Å². The minimum absolute atomic E-state index is 0.142. The summed E-state index contributed by atoms with van der Waals surface area (Å²) in [6, 6.07) is 2.73. The number of aryl methyl sites for hydroxylation is 2. The number of benzene rings is 1. The van der Waals surface area contributed by atoms with E-state index in [4.69, 9.17) is 0 Å². The van der Waals surface area contributed by atoms with Gasteiger partial charge in [0.1, 0.15) is 16.5 Å². The normalized spacial score (nSPS) is 12.7. The van der Waals surface area contributed by atoms with E-state index in [9.17, 15) is 18.4 Å². The number of thioether (sulfide) groups is 1. The Balaban J connectivity index is 2.04. The number of halogens is 2. The van der Waals surface area contributed by atoms with Crippen LogP contribution in [0, 0.1) is 25.5 Å². The molecule has 1 unspecified atom stereocenters. The summed E-state index contributed by atoms with van der Waals surface area (Å²) in [5, 5.41) is 0.317. The number of carbonyl (C=O) groups is 1. The Bertz CT molecular complexity index is 1140. The number of carbonyl (C=O) groups excluding carboxylic acids is 1. The quantitative estimate of drug-likeness (QED) is 0.318. The van der Waals surface area contributed by atoms with Crippen molar-refractivity contribution in [2.45, 2.75) is 51.1 Å². The zero-order chi connectivity index (χ0) is 20.7. The summed E-state index contributed by atoms with van der Waals surface area (Å²) in [7, 11) is 0. The molecule has 3 aromatic rings. The van der Waals surface area contributed by atoms with Crippen molar-refractivity contribution in [3.63, 3.8) is 0 Å². The lowest BCUT2D eigenvalue weighted by Gasteiger charge is -2.18. The molecule has 0 fully saturated rings. The molecular weight excluding hydrogens is 402 g/mol. The first-order chi connectivity index (χ1) is 13.1. The number of aromatic nitrogens is 2. The second-order valence-corrected chi connectivity index (χ2v) is 9.39. The van der Waals surface area contributed by atoms with E-state index in [1.54, 1.807) is 11.5 Å². The van der Waals surface area contributed by atoms with Gasteiger partial charge in [-0.1, -0.05) is 11.8 Å². The number of fused-ring (bicyclic) bond motifs is 1. The average molecular weight is 423 g/mol. The molecule has 2 aromatic heterocycles. The van der Waals surface area contributed by atoms with Gasteiger partial charge >= 0.3 is 0 Å². The van der Waals surface area contributed by atoms with Crippen molar-refractivity contribution in [1.82, 2.24) is 9.55 Å². The third-order valence-electron chi connectivity index (χ3n) is 4.57. The zero-order valence-electron chi connectivity index (χ0n) is 16.2. The van der Waals surface area contributed by atoms with Crippen molar-refractivity contribution >= 4 is 39.1 Å². The maximum atomic E-state index is 14.0. The largest absolute Gasteiger partial charge is 0.293 e. The van der Waals surface area contributed by atoms with Crippen LogP contribution in [0.1, 0.15) is 47.6 Å². The number of rotatable bonds is 5. The van der Waals surface area contributed by atoms with Crippen LogP contribution in [0.4, 0.5) is 8.78 Å². The smallest absolute Gasteiger partial charge is 0.263 e. The molecule has 28 heavy (non-hydrogen) atoms. The summed E-state index contributed by atoms with van der Waals surface area (Å²) in [5.41, 5.74) is 0.599. The highest BCUT2D eigenvalue weighted by Crippen LogP contribution is 2.31. The van der Waals surface area contributed by atoms with Crippen LogP contribution in [-0.4, -0.2) is 20.6 Å². The van der Waals surface area contributed by atoms with E-state index in [0.29, 0.717) is 21.4 Å². The van der Waals surface area contributed by atoms with E-state index in [2.05, 4.69) is 4.98 Å². The molecule has 0 spiro atoms. The van der Waals surface area contributed by atoms with Gasteiger partial charge in [-0.25, -0.2) is 13.8 Å². The standard InChI is InChI=1S/C20H20F2N2O2S2/c1-9(2)24-19(26)16-10(3)11(4)27-18(16)23-20(24)28-12(5)17(25)14-7-6-13(21)8-15(14)22/h6-9,12H,1-5H3. The zero-order valence-corrected chi connectivity index (χ0v) is 17.8. The molecule has 0 radical (unpaired) electrons. The van der Waals surface area contributed by atoms with Gasteiger partial charge in [-0.2, -0.15) is 0 Å². The lowest BCUT2D eigenvalue weighted by Crippen LogP contribution is -2.26. The van der Waals surface area contributed by atoms with E-state index >= 15 is 0 Å². The van der Waals surface area contributed by atoms with E-state index in [0.717, 1.165) is 34.3 Å². The Morgan fingerprint density at radius 2 is 1.89 bits per heavy atom. The average Bonchev–Trinajstić information content (AvgIpc) is 2.88. The summed E-state index contributed by atoms with van der Waals surface area (Å²) in [4.78, 5) is 32.0. The van der Waals surface area contributed by atoms with Gasteiger partial charge in [-0.05, 0) is 52.3 Å². The Labute approximate surface area is 169 Å². The number of Topliss-reactive ketones (excluding diaryl/α,β-unsaturated/α-hetero) is 1. The number of nitrogens with zero attached hydrogens (tertiary/aromatic N) is 2. The number of hydrogen-bond acceptors (Lipinski definition) is 5. The fraction of sp³-hybridized carbons (Fsp3) is 0.350. The minimum Gasteiger partial charge on any atom is -0.293 e. The molecule has 148 valence electrons. The summed E-state index contributed by atoms with van der Waals surface area (Å²) in [6.07, 6.45) is 0. The van der Waals surface area contributed by atoms with Gasteiger partial charge in [-0.3, -0.25) is 14.2 Å². The Morgan fingerprint density at radius 3 is 2.50 bits per heavy atom. The first-order valence-corrected chi connectivity index (χ1v) is 10.5. The van der Waals surface area contributed by atoms with E-state index in [1.807, 2.05) is 27.7 Å². The lowest BCUT2D eigenvalue weighted by molar-refractivity contribution is 0.0990. The first-order valence-electron chi connectivity index (χ1n) is 8.80. The second kappa shape index (κ2) is 7.75. The molecule has 4 nitrogen and oxygen atoms in total. The topological polar surface area (TPSA) is 52.0 Å². The van der Waals surface area contributed by atoms with Gasteiger partial charge in [0.05, 0.1) is 16.2 Å². The number of thiophene rings is 1. The highest BCUT2D eigenvalue weighted by atomic mass is 32.2. The van der Waals surface area contributed by atoms with Gasteiger partial charge in [0.2, 0.25) is 0 Å². The summed E-state index contributed by atoms with van der Waals surface area (Å²) >= 11 is 2.55. The SMILES string of the molecule is Cc1sc2nc(SC(C)C(=O)c3ccc(F)cc3F)n(C(C)C)c(=O)c2c1C. The third kappa shape index (κ3) is 3.63. The highest BCUT2D eigenvalue weighted by Gasteiger charge is 2.25. The van der Waals surface area contributed by atoms with Gasteiger partial charge in [0.25, 0.3) is 5.56 Å². The summed E-state index contributed by atoms with van der Waals surface area (Å²) < 4.78 is 28.7. The maximum absolute atomic E-state index is 14.0. The molecule has 1 atom stereocenters. The second-order valence-electron chi connectivity index (χ2n) is 6.88. The molecule has 0 amide bonds. The molecular formula is C20H20F2N2O2S2. The monoisotopic (exact) mass is 422 g/mol. The Kier molecular flexibility index (Phi) is 5.72. The third-order valence-corrected chi connectivity index (χ3v) is 6.73.